The smallest absolute Gasteiger partial charge is 0.395 e. The Balaban J connectivity index is 0.000000190. The number of nitrogens with one attached hydrogen (secondary N) is 4. The first-order chi connectivity index (χ1) is 36.4. The van der Waals surface area contributed by atoms with Gasteiger partial charge in [0.1, 0.15) is 19.7 Å². The summed E-state index contributed by atoms with van der Waals surface area (Å²) in [4.78, 5) is 86.4. The van der Waals surface area contributed by atoms with E-state index in [1.54, 1.807) is 42.5 Å². The minimum absolute atomic E-state index is 0.0855. The molecule has 4 heterocycles. The van der Waals surface area contributed by atoms with Crippen LogP contribution in [0, 0.1) is 40.5 Å². The predicted molar refractivity (Wildman–Crippen MR) is 281 cm³/mol. The molecule has 30 heteroatoms. The Hall–Kier alpha value is -9.67. The Labute approximate surface area is 447 Å². The molecule has 4 aromatic heterocycles. The maximum atomic E-state index is 11.9. The van der Waals surface area contributed by atoms with Crippen molar-refractivity contribution in [2.75, 3.05) is 21.3 Å². The summed E-state index contributed by atoms with van der Waals surface area (Å²) in [5.41, 5.74) is 2.93. The van der Waals surface area contributed by atoms with Crippen molar-refractivity contribution in [2.45, 2.75) is 18.2 Å². The number of rotatable bonds is 14. The zero-order valence-corrected chi connectivity index (χ0v) is 42.1. The molecule has 0 spiro atoms. The molecule has 8 rings (SSSR count). The minimum Gasteiger partial charge on any atom is -0.395 e. The highest BCUT2D eigenvalue weighted by atomic mass is 35.5. The summed E-state index contributed by atoms with van der Waals surface area (Å²) in [6.07, 6.45) is 0.773. The number of para-hydroxylation sites is 1. The number of carbonyl (C=O) groups is 4. The van der Waals surface area contributed by atoms with Crippen molar-refractivity contribution in [3.63, 3.8) is 0 Å². The normalized spacial score (nSPS) is 11.0. The molecular formula is C47H36Cl3N9O17S. The fraction of sp³-hybridized carbons (Fsp3) is 0.0426. The van der Waals surface area contributed by atoms with Crippen LogP contribution in [0.4, 0.5) is 46.3 Å². The Bertz CT molecular complexity index is 3610. The van der Waals surface area contributed by atoms with E-state index in [1.165, 1.54) is 60.7 Å². The van der Waals surface area contributed by atoms with Crippen LogP contribution in [0.2, 0.25) is 15.1 Å². The van der Waals surface area contributed by atoms with Crippen LogP contribution in [0.5, 0.6) is 0 Å². The number of amides is 4. The fourth-order valence-corrected chi connectivity index (χ4v) is 6.90. The number of hydrogen-bond acceptors (Lipinski definition) is 17. The first kappa shape index (κ1) is 58.2. The number of nitrogens with zero attached hydrogens (tertiary/aromatic N) is 4. The number of aryl methyl sites for hydroxylation is 1. The third kappa shape index (κ3) is 17.2. The van der Waals surface area contributed by atoms with Crippen LogP contribution in [0.15, 0.2) is 162 Å². The lowest BCUT2D eigenvalue weighted by Gasteiger charge is -2.07. The number of nitro groups is 4. The molecule has 4 aromatic carbocycles. The van der Waals surface area contributed by atoms with Crippen molar-refractivity contribution in [3.8, 4) is 0 Å². The topological polar surface area (TPSA) is 385 Å². The van der Waals surface area contributed by atoms with E-state index < -0.39 is 76.6 Å². The zero-order valence-electron chi connectivity index (χ0n) is 39.0. The van der Waals surface area contributed by atoms with Gasteiger partial charge in [0.15, 0.2) is 23.0 Å². The Morgan fingerprint density at radius 1 is 0.506 bits per heavy atom. The Kier molecular flexibility index (Phi) is 20.0. The zero-order chi connectivity index (χ0) is 56.6. The monoisotopic (exact) mass is 1140 g/mol. The Morgan fingerprint density at radius 3 is 1.27 bits per heavy atom. The van der Waals surface area contributed by atoms with Gasteiger partial charge in [-0.05, 0) is 109 Å². The second-order valence-electron chi connectivity index (χ2n) is 14.8. The molecule has 77 heavy (non-hydrogen) atoms. The molecule has 26 nitrogen and oxygen atoms in total. The molecule has 0 aliphatic heterocycles. The number of hydrogen-bond donors (Lipinski definition) is 5. The highest BCUT2D eigenvalue weighted by Crippen LogP contribution is 2.27. The lowest BCUT2D eigenvalue weighted by Crippen LogP contribution is -2.13. The number of anilines is 4. The average molecular weight is 1140 g/mol. The van der Waals surface area contributed by atoms with Crippen LogP contribution in [-0.2, 0) is 16.1 Å². The van der Waals surface area contributed by atoms with Gasteiger partial charge in [0.05, 0.1) is 44.0 Å². The second kappa shape index (κ2) is 26.5. The summed E-state index contributed by atoms with van der Waals surface area (Å²) in [6.45, 7) is 1.97. The standard InChI is InChI=1S/C13H12N2O4.C12H11N3O5S.C11H6Cl2N2O4.C11H7ClN2O4/c1-2-9-5-3-4-6-10(9)14-13(16)11-7-8-12(19-11)15(17)18;1-21(13,19)9-4-2-8(3-5-9)14-12(16)10-6-7-11(20-10)15(17)18;12-7-2-1-6(5-8(7)13)14-11(16)9-3-4-10(19-9)15(17)18;12-7-2-1-3-8(6-7)13-11(15)9-4-5-10(18-9)14(16)17/h3-8H,2H2,1H3,(H,14,16);2-7H,1H2,(H2,13,19)(H,14,16);1-5H,(H,14,16);1-6H,(H,13,15). The van der Waals surface area contributed by atoms with Crippen LogP contribution in [0.25, 0.3) is 0 Å². The van der Waals surface area contributed by atoms with Gasteiger partial charge in [0.2, 0.25) is 0 Å². The molecule has 0 aliphatic carbocycles. The second-order valence-corrected chi connectivity index (χ2v) is 18.0. The van der Waals surface area contributed by atoms with E-state index >= 15 is 0 Å². The van der Waals surface area contributed by atoms with Crippen LogP contribution < -0.4 is 26.4 Å². The van der Waals surface area contributed by atoms with E-state index in [1.807, 2.05) is 19.1 Å². The van der Waals surface area contributed by atoms with Gasteiger partial charge in [-0.15, -0.1) is 0 Å². The lowest BCUT2D eigenvalue weighted by atomic mass is 10.1. The van der Waals surface area contributed by atoms with Crippen molar-refractivity contribution >= 4 is 120 Å². The van der Waals surface area contributed by atoms with E-state index in [0.717, 1.165) is 36.2 Å². The number of nitrogens with two attached hydrogens (primary N) is 1. The minimum atomic E-state index is -2.81. The summed E-state index contributed by atoms with van der Waals surface area (Å²) < 4.78 is 30.7. The molecule has 1 atom stereocenters. The quantitative estimate of drug-likeness (QED) is 0.0383. The Morgan fingerprint density at radius 2 is 0.896 bits per heavy atom. The lowest BCUT2D eigenvalue weighted by molar-refractivity contribution is -0.402. The number of carbonyl (C=O) groups excluding carboxylic acids is 4. The van der Waals surface area contributed by atoms with E-state index in [4.69, 9.17) is 57.6 Å². The van der Waals surface area contributed by atoms with E-state index in [0.29, 0.717) is 37.7 Å². The van der Waals surface area contributed by atoms with Crippen LogP contribution in [-0.4, -0.2) is 53.4 Å². The highest BCUT2D eigenvalue weighted by molar-refractivity contribution is 7.98. The summed E-state index contributed by atoms with van der Waals surface area (Å²) in [6, 6.07) is 33.7. The van der Waals surface area contributed by atoms with Crippen molar-refractivity contribution < 1.29 is 60.7 Å². The van der Waals surface area contributed by atoms with E-state index in [2.05, 4.69) is 27.1 Å². The molecule has 1 unspecified atom stereocenters. The number of halogens is 3. The van der Waals surface area contributed by atoms with Crippen LogP contribution in [0.1, 0.15) is 54.7 Å². The van der Waals surface area contributed by atoms with Gasteiger partial charge >= 0.3 is 23.5 Å². The molecule has 4 amide bonds. The first-order valence-corrected chi connectivity index (χ1v) is 24.1. The molecular weight excluding hydrogens is 1100 g/mol. The highest BCUT2D eigenvalue weighted by Gasteiger charge is 2.21. The summed E-state index contributed by atoms with van der Waals surface area (Å²) in [5.74, 6) is -1.54. The molecule has 0 aliphatic rings. The molecule has 398 valence electrons. The van der Waals surface area contributed by atoms with Gasteiger partial charge < -0.3 is 38.9 Å². The third-order valence-corrected chi connectivity index (χ3v) is 11.4. The van der Waals surface area contributed by atoms with Gasteiger partial charge in [-0.3, -0.25) is 64.8 Å². The summed E-state index contributed by atoms with van der Waals surface area (Å²) >= 11 is 17.3. The van der Waals surface area contributed by atoms with Gasteiger partial charge in [-0.25, -0.2) is 4.21 Å². The van der Waals surface area contributed by atoms with Crippen LogP contribution >= 0.6 is 34.8 Å². The van der Waals surface area contributed by atoms with Crippen molar-refractivity contribution in [3.05, 3.63) is 224 Å². The fourth-order valence-electron chi connectivity index (χ4n) is 5.81. The van der Waals surface area contributed by atoms with Gasteiger partial charge in [-0.1, -0.05) is 66.0 Å². The molecule has 0 radical (unpaired) electrons. The molecule has 0 saturated heterocycles. The van der Waals surface area contributed by atoms with Crippen LogP contribution in [0.3, 0.4) is 0 Å². The van der Waals surface area contributed by atoms with Crippen molar-refractivity contribution in [1.82, 2.24) is 0 Å². The molecule has 6 N–H and O–H groups in total. The molecule has 8 aromatic rings. The van der Waals surface area contributed by atoms with Gasteiger partial charge in [-0.2, -0.15) is 0 Å². The summed E-state index contributed by atoms with van der Waals surface area (Å²) in [5, 5.41) is 58.4. The third-order valence-electron chi connectivity index (χ3n) is 9.40. The largest absolute Gasteiger partial charge is 0.433 e. The van der Waals surface area contributed by atoms with Crippen molar-refractivity contribution in [1.29, 1.82) is 0 Å². The van der Waals surface area contributed by atoms with E-state index in [-0.39, 0.29) is 28.1 Å². The van der Waals surface area contributed by atoms with E-state index in [9.17, 15) is 63.8 Å². The van der Waals surface area contributed by atoms with Gasteiger partial charge in [0.25, 0.3) is 23.6 Å². The maximum absolute atomic E-state index is 11.9. The van der Waals surface area contributed by atoms with Gasteiger partial charge in [0, 0.05) is 32.7 Å². The number of benzene rings is 4. The first-order valence-electron chi connectivity index (χ1n) is 21.2. The molecule has 0 fully saturated rings. The average Bonchev–Trinajstić information content (AvgIpc) is 4.24. The maximum Gasteiger partial charge on any atom is 0.433 e. The molecule has 0 bridgehead atoms. The predicted octanol–water partition coefficient (Wildman–Crippen LogP) is 11.2. The number of furan rings is 4. The SMILES string of the molecule is C=S(N)(=O)c1ccc(NC(=O)c2ccc([N+](=O)[O-])o2)cc1.CCc1ccccc1NC(=O)c1ccc([N+](=O)[O-])o1.O=C(Nc1ccc(Cl)c(Cl)c1)c1ccc([N+](=O)[O-])o1.O=C(Nc1cccc(Cl)c1)c1ccc([N+](=O)[O-])o1. The van der Waals surface area contributed by atoms with Crippen molar-refractivity contribution in [2.24, 2.45) is 5.14 Å². The molecule has 0 saturated carbocycles. The summed E-state index contributed by atoms with van der Waals surface area (Å²) in [7, 11) is -2.81.